The van der Waals surface area contributed by atoms with Gasteiger partial charge in [0, 0.05) is 24.7 Å². The fraction of sp³-hybridized carbons (Fsp3) is 0.579. The SMILES string of the molecule is Cl.O=C(CNC(=O)c1ccc(C(F)(F)F)cc1)NCCNC1CCCCCC1. The molecule has 2 amide bonds. The lowest BCUT2D eigenvalue weighted by atomic mass is 10.1. The zero-order valence-corrected chi connectivity index (χ0v) is 16.4. The Kier molecular flexibility index (Phi) is 10.3. The summed E-state index contributed by atoms with van der Waals surface area (Å²) in [4.78, 5) is 23.7. The van der Waals surface area contributed by atoms with Crippen LogP contribution >= 0.6 is 12.4 Å². The summed E-state index contributed by atoms with van der Waals surface area (Å²) in [5.74, 6) is -0.923. The lowest BCUT2D eigenvalue weighted by Gasteiger charge is -2.16. The molecular formula is C19H27ClF3N3O2. The largest absolute Gasteiger partial charge is 0.416 e. The van der Waals surface area contributed by atoms with E-state index in [9.17, 15) is 22.8 Å². The molecule has 0 atom stereocenters. The topological polar surface area (TPSA) is 70.2 Å². The molecular weight excluding hydrogens is 395 g/mol. The van der Waals surface area contributed by atoms with Crippen molar-refractivity contribution >= 4 is 24.2 Å². The first kappa shape index (κ1) is 24.2. The fourth-order valence-corrected chi connectivity index (χ4v) is 3.10. The molecule has 0 bridgehead atoms. The van der Waals surface area contributed by atoms with Crippen LogP contribution in [0.25, 0.3) is 0 Å². The van der Waals surface area contributed by atoms with Crippen molar-refractivity contribution in [3.05, 3.63) is 35.4 Å². The van der Waals surface area contributed by atoms with Gasteiger partial charge in [0.05, 0.1) is 12.1 Å². The van der Waals surface area contributed by atoms with Gasteiger partial charge in [-0.05, 0) is 37.1 Å². The van der Waals surface area contributed by atoms with Crippen LogP contribution in [0.5, 0.6) is 0 Å². The lowest BCUT2D eigenvalue weighted by molar-refractivity contribution is -0.137. The van der Waals surface area contributed by atoms with Crippen molar-refractivity contribution in [2.45, 2.75) is 50.7 Å². The van der Waals surface area contributed by atoms with Gasteiger partial charge in [0.2, 0.25) is 5.91 Å². The zero-order valence-electron chi connectivity index (χ0n) is 15.6. The van der Waals surface area contributed by atoms with E-state index in [2.05, 4.69) is 16.0 Å². The van der Waals surface area contributed by atoms with Crippen molar-refractivity contribution in [2.24, 2.45) is 0 Å². The smallest absolute Gasteiger partial charge is 0.353 e. The second-order valence-electron chi connectivity index (χ2n) is 6.75. The van der Waals surface area contributed by atoms with Crippen molar-refractivity contribution < 1.29 is 22.8 Å². The molecule has 1 aliphatic carbocycles. The summed E-state index contributed by atoms with van der Waals surface area (Å²) in [6.45, 7) is 0.915. The first-order valence-electron chi connectivity index (χ1n) is 9.32. The Balaban J connectivity index is 0.00000392. The van der Waals surface area contributed by atoms with Crippen LogP contribution in [-0.4, -0.2) is 37.5 Å². The normalized spacial score (nSPS) is 15.2. The number of carbonyl (C=O) groups is 2. The Labute approximate surface area is 169 Å². The molecule has 0 unspecified atom stereocenters. The van der Waals surface area contributed by atoms with E-state index in [4.69, 9.17) is 0 Å². The van der Waals surface area contributed by atoms with E-state index >= 15 is 0 Å². The van der Waals surface area contributed by atoms with Gasteiger partial charge in [-0.1, -0.05) is 25.7 Å². The van der Waals surface area contributed by atoms with Gasteiger partial charge in [0.15, 0.2) is 0 Å². The molecule has 1 fully saturated rings. The molecule has 1 aromatic rings. The highest BCUT2D eigenvalue weighted by Gasteiger charge is 2.30. The van der Waals surface area contributed by atoms with E-state index in [1.165, 1.54) is 25.7 Å². The third kappa shape index (κ3) is 8.48. The Morgan fingerprint density at radius 3 is 2.11 bits per heavy atom. The average molecular weight is 422 g/mol. The quantitative estimate of drug-likeness (QED) is 0.467. The number of carbonyl (C=O) groups excluding carboxylic acids is 2. The van der Waals surface area contributed by atoms with Crippen molar-refractivity contribution in [1.82, 2.24) is 16.0 Å². The summed E-state index contributed by atoms with van der Waals surface area (Å²) >= 11 is 0. The number of amides is 2. The second-order valence-corrected chi connectivity index (χ2v) is 6.75. The van der Waals surface area contributed by atoms with Crippen molar-refractivity contribution in [3.63, 3.8) is 0 Å². The number of hydrogen-bond acceptors (Lipinski definition) is 3. The Hall–Kier alpha value is -1.80. The summed E-state index contributed by atoms with van der Waals surface area (Å²) < 4.78 is 37.5. The molecule has 0 aliphatic heterocycles. The first-order chi connectivity index (χ1) is 12.9. The van der Waals surface area contributed by atoms with E-state index in [-0.39, 0.29) is 30.4 Å². The second kappa shape index (κ2) is 11.9. The van der Waals surface area contributed by atoms with Crippen LogP contribution in [0.15, 0.2) is 24.3 Å². The highest BCUT2D eigenvalue weighted by molar-refractivity contribution is 5.96. The molecule has 5 nitrogen and oxygen atoms in total. The highest BCUT2D eigenvalue weighted by Crippen LogP contribution is 2.29. The summed E-state index contributed by atoms with van der Waals surface area (Å²) in [6, 6.07) is 4.37. The Morgan fingerprint density at radius 2 is 1.54 bits per heavy atom. The van der Waals surface area contributed by atoms with E-state index in [1.54, 1.807) is 0 Å². The molecule has 2 rings (SSSR count). The highest BCUT2D eigenvalue weighted by atomic mass is 35.5. The van der Waals surface area contributed by atoms with Crippen LogP contribution in [0.2, 0.25) is 0 Å². The molecule has 158 valence electrons. The van der Waals surface area contributed by atoms with Gasteiger partial charge in [0.25, 0.3) is 5.91 Å². The number of alkyl halides is 3. The maximum absolute atomic E-state index is 12.5. The molecule has 1 aliphatic rings. The summed E-state index contributed by atoms with van der Waals surface area (Å²) in [7, 11) is 0. The molecule has 1 aromatic carbocycles. The summed E-state index contributed by atoms with van der Waals surface area (Å²) in [5, 5.41) is 8.54. The van der Waals surface area contributed by atoms with Gasteiger partial charge in [-0.15, -0.1) is 12.4 Å². The molecule has 28 heavy (non-hydrogen) atoms. The van der Waals surface area contributed by atoms with Crippen LogP contribution in [0.4, 0.5) is 13.2 Å². The van der Waals surface area contributed by atoms with Crippen LogP contribution in [-0.2, 0) is 11.0 Å². The first-order valence-corrected chi connectivity index (χ1v) is 9.32. The van der Waals surface area contributed by atoms with E-state index in [0.29, 0.717) is 19.1 Å². The minimum atomic E-state index is -4.44. The van der Waals surface area contributed by atoms with Crippen LogP contribution in [0.3, 0.4) is 0 Å². The molecule has 0 saturated heterocycles. The van der Waals surface area contributed by atoms with Crippen molar-refractivity contribution in [3.8, 4) is 0 Å². The molecule has 0 aromatic heterocycles. The van der Waals surface area contributed by atoms with Gasteiger partial charge in [-0.25, -0.2) is 0 Å². The van der Waals surface area contributed by atoms with Gasteiger partial charge < -0.3 is 16.0 Å². The number of benzene rings is 1. The Morgan fingerprint density at radius 1 is 0.929 bits per heavy atom. The maximum Gasteiger partial charge on any atom is 0.416 e. The third-order valence-corrected chi connectivity index (χ3v) is 4.62. The van der Waals surface area contributed by atoms with E-state index in [0.717, 1.165) is 37.1 Å². The van der Waals surface area contributed by atoms with Crippen LogP contribution < -0.4 is 16.0 Å². The molecule has 0 heterocycles. The van der Waals surface area contributed by atoms with Crippen molar-refractivity contribution in [1.29, 1.82) is 0 Å². The molecule has 0 radical (unpaired) electrons. The van der Waals surface area contributed by atoms with E-state index in [1.807, 2.05) is 0 Å². The van der Waals surface area contributed by atoms with Crippen LogP contribution in [0.1, 0.15) is 54.4 Å². The van der Waals surface area contributed by atoms with Gasteiger partial charge in [-0.3, -0.25) is 9.59 Å². The number of rotatable bonds is 7. The zero-order chi connectivity index (χ0) is 19.7. The van der Waals surface area contributed by atoms with Crippen LogP contribution in [0, 0.1) is 0 Å². The fourth-order valence-electron chi connectivity index (χ4n) is 3.10. The molecule has 9 heteroatoms. The lowest BCUT2D eigenvalue weighted by Crippen LogP contribution is -2.41. The minimum Gasteiger partial charge on any atom is -0.353 e. The molecule has 0 spiro atoms. The number of halogens is 4. The predicted octanol–water partition coefficient (Wildman–Crippen LogP) is 3.29. The van der Waals surface area contributed by atoms with Gasteiger partial charge in [-0.2, -0.15) is 13.2 Å². The molecule has 3 N–H and O–H groups in total. The predicted molar refractivity (Wildman–Crippen MR) is 104 cm³/mol. The van der Waals surface area contributed by atoms with Crippen molar-refractivity contribution in [2.75, 3.05) is 19.6 Å². The van der Waals surface area contributed by atoms with Gasteiger partial charge in [0.1, 0.15) is 0 Å². The van der Waals surface area contributed by atoms with E-state index < -0.39 is 17.6 Å². The monoisotopic (exact) mass is 421 g/mol. The number of hydrogen-bond donors (Lipinski definition) is 3. The summed E-state index contributed by atoms with van der Waals surface area (Å²) in [5.41, 5.74) is -0.746. The average Bonchev–Trinajstić information content (AvgIpc) is 2.91. The Bertz CT molecular complexity index is 616. The minimum absolute atomic E-state index is 0. The maximum atomic E-state index is 12.5. The summed E-state index contributed by atoms with van der Waals surface area (Å²) in [6.07, 6.45) is 2.93. The molecule has 1 saturated carbocycles. The van der Waals surface area contributed by atoms with Gasteiger partial charge >= 0.3 is 6.18 Å². The third-order valence-electron chi connectivity index (χ3n) is 4.62. The number of nitrogens with one attached hydrogen (secondary N) is 3. The standard InChI is InChI=1S/C19H26F3N3O2.ClH/c20-19(21,22)15-9-7-14(8-10-15)18(27)25-13-17(26)24-12-11-23-16-5-3-1-2-4-6-16;/h7-10,16,23H,1-6,11-13H2,(H,24,26)(H,25,27);1H.